The van der Waals surface area contributed by atoms with Crippen molar-refractivity contribution in [3.05, 3.63) is 41.6 Å². The molecular formula is C14H17FN2O2. The van der Waals surface area contributed by atoms with Crippen LogP contribution in [0.4, 0.5) is 15.8 Å². The summed E-state index contributed by atoms with van der Waals surface area (Å²) in [5.41, 5.74) is 6.73. The number of aryl methyl sites for hydroxylation is 1. The number of nitrogens with one attached hydrogen (secondary N) is 1. The van der Waals surface area contributed by atoms with Gasteiger partial charge in [0.15, 0.2) is 11.6 Å². The molecule has 0 aliphatic rings. The lowest BCUT2D eigenvalue weighted by Gasteiger charge is -2.16. The highest BCUT2D eigenvalue weighted by atomic mass is 19.1. The molecule has 1 unspecified atom stereocenters. The maximum atomic E-state index is 13.4. The maximum absolute atomic E-state index is 13.4. The summed E-state index contributed by atoms with van der Waals surface area (Å²) in [6.45, 7) is 3.82. The fourth-order valence-electron chi connectivity index (χ4n) is 1.84. The second-order valence-corrected chi connectivity index (χ2v) is 4.39. The van der Waals surface area contributed by atoms with Crippen LogP contribution in [0.5, 0.6) is 5.75 Å². The van der Waals surface area contributed by atoms with Gasteiger partial charge in [0.05, 0.1) is 24.5 Å². The van der Waals surface area contributed by atoms with Gasteiger partial charge in [-0.25, -0.2) is 4.39 Å². The van der Waals surface area contributed by atoms with Gasteiger partial charge in [0.25, 0.3) is 0 Å². The number of hydrogen-bond acceptors (Lipinski definition) is 4. The summed E-state index contributed by atoms with van der Waals surface area (Å²) in [6, 6.07) is 6.48. The van der Waals surface area contributed by atoms with Crippen molar-refractivity contribution >= 4 is 11.4 Å². The van der Waals surface area contributed by atoms with E-state index in [0.717, 1.165) is 11.5 Å². The number of benzene rings is 1. The van der Waals surface area contributed by atoms with E-state index in [4.69, 9.17) is 14.9 Å². The van der Waals surface area contributed by atoms with Crippen LogP contribution in [0.1, 0.15) is 24.5 Å². The summed E-state index contributed by atoms with van der Waals surface area (Å²) in [7, 11) is 1.41. The number of nitrogens with two attached hydrogens (primary N) is 1. The van der Waals surface area contributed by atoms with Crippen LogP contribution in [0, 0.1) is 12.7 Å². The summed E-state index contributed by atoms with van der Waals surface area (Å²) in [4.78, 5) is 0. The molecule has 1 aromatic carbocycles. The molecule has 2 aromatic rings. The summed E-state index contributed by atoms with van der Waals surface area (Å²) < 4.78 is 23.9. The van der Waals surface area contributed by atoms with E-state index in [-0.39, 0.29) is 11.8 Å². The minimum absolute atomic E-state index is 0.0776. The molecule has 0 radical (unpaired) electrons. The molecule has 102 valence electrons. The second-order valence-electron chi connectivity index (χ2n) is 4.39. The molecule has 3 N–H and O–H groups in total. The number of hydrogen-bond donors (Lipinski definition) is 2. The van der Waals surface area contributed by atoms with Crippen LogP contribution in [-0.2, 0) is 0 Å². The van der Waals surface area contributed by atoms with E-state index in [2.05, 4.69) is 5.32 Å². The van der Waals surface area contributed by atoms with Crippen LogP contribution in [0.2, 0.25) is 0 Å². The Morgan fingerprint density at radius 1 is 1.37 bits per heavy atom. The molecule has 1 atom stereocenters. The zero-order valence-electron chi connectivity index (χ0n) is 11.2. The fraction of sp³-hybridized carbons (Fsp3) is 0.286. The van der Waals surface area contributed by atoms with E-state index in [1.807, 2.05) is 26.0 Å². The quantitative estimate of drug-likeness (QED) is 0.830. The Bertz CT molecular complexity index is 581. The van der Waals surface area contributed by atoms with Crippen molar-refractivity contribution in [3.8, 4) is 5.75 Å². The highest BCUT2D eigenvalue weighted by molar-refractivity contribution is 5.69. The Hall–Kier alpha value is -2.17. The largest absolute Gasteiger partial charge is 0.494 e. The van der Waals surface area contributed by atoms with Crippen LogP contribution in [0.15, 0.2) is 28.7 Å². The van der Waals surface area contributed by atoms with Crippen molar-refractivity contribution in [3.63, 3.8) is 0 Å². The Morgan fingerprint density at radius 3 is 2.68 bits per heavy atom. The third-order valence-electron chi connectivity index (χ3n) is 2.88. The topological polar surface area (TPSA) is 60.4 Å². The molecule has 0 fully saturated rings. The summed E-state index contributed by atoms with van der Waals surface area (Å²) >= 11 is 0. The van der Waals surface area contributed by atoms with Crippen LogP contribution >= 0.6 is 0 Å². The number of ether oxygens (including phenoxy) is 1. The highest BCUT2D eigenvalue weighted by Gasteiger charge is 2.13. The third kappa shape index (κ3) is 2.81. The minimum Gasteiger partial charge on any atom is -0.494 e. The molecule has 0 bridgehead atoms. The van der Waals surface area contributed by atoms with Gasteiger partial charge in [-0.3, -0.25) is 0 Å². The number of nitrogen functional groups attached to an aromatic ring is 1. The van der Waals surface area contributed by atoms with Gasteiger partial charge in [0.1, 0.15) is 11.5 Å². The monoisotopic (exact) mass is 264 g/mol. The predicted octanol–water partition coefficient (Wildman–Crippen LogP) is 3.49. The SMILES string of the molecule is COc1cc(NC(C)c2ccc(C)o2)c(N)cc1F. The van der Waals surface area contributed by atoms with Crippen LogP contribution in [-0.4, -0.2) is 7.11 Å². The van der Waals surface area contributed by atoms with Crippen LogP contribution in [0.25, 0.3) is 0 Å². The first kappa shape index (κ1) is 13.3. The zero-order valence-corrected chi connectivity index (χ0v) is 11.2. The minimum atomic E-state index is -0.480. The molecule has 0 aliphatic carbocycles. The van der Waals surface area contributed by atoms with Crippen molar-refractivity contribution in [2.45, 2.75) is 19.9 Å². The summed E-state index contributed by atoms with van der Waals surface area (Å²) in [5.74, 6) is 1.31. The molecule has 0 saturated carbocycles. The Morgan fingerprint density at radius 2 is 2.11 bits per heavy atom. The third-order valence-corrected chi connectivity index (χ3v) is 2.88. The van der Waals surface area contributed by atoms with Gasteiger partial charge in [-0.05, 0) is 26.0 Å². The molecule has 2 rings (SSSR count). The number of rotatable bonds is 4. The molecular weight excluding hydrogens is 247 g/mol. The van der Waals surface area contributed by atoms with Crippen LogP contribution in [0.3, 0.4) is 0 Å². The maximum Gasteiger partial charge on any atom is 0.167 e. The van der Waals surface area contributed by atoms with E-state index < -0.39 is 5.82 Å². The average molecular weight is 264 g/mol. The van der Waals surface area contributed by atoms with Gasteiger partial charge in [-0.2, -0.15) is 0 Å². The normalized spacial score (nSPS) is 12.2. The van der Waals surface area contributed by atoms with Crippen molar-refractivity contribution < 1.29 is 13.5 Å². The number of halogens is 1. The van der Waals surface area contributed by atoms with Gasteiger partial charge >= 0.3 is 0 Å². The molecule has 0 saturated heterocycles. The summed E-state index contributed by atoms with van der Waals surface area (Å²) in [5, 5.41) is 3.18. The van der Waals surface area contributed by atoms with Crippen molar-refractivity contribution in [1.29, 1.82) is 0 Å². The number of furan rings is 1. The molecule has 0 amide bonds. The van der Waals surface area contributed by atoms with Gasteiger partial charge in [-0.1, -0.05) is 0 Å². The van der Waals surface area contributed by atoms with E-state index in [1.54, 1.807) is 0 Å². The molecule has 0 spiro atoms. The Labute approximate surface area is 111 Å². The lowest BCUT2D eigenvalue weighted by Crippen LogP contribution is -2.08. The van der Waals surface area contributed by atoms with E-state index >= 15 is 0 Å². The number of methoxy groups -OCH3 is 1. The molecule has 0 aliphatic heterocycles. The first-order chi connectivity index (χ1) is 9.01. The summed E-state index contributed by atoms with van der Waals surface area (Å²) in [6.07, 6.45) is 0. The number of anilines is 2. The van der Waals surface area contributed by atoms with Gasteiger partial charge in [0, 0.05) is 12.1 Å². The lowest BCUT2D eigenvalue weighted by atomic mass is 10.2. The molecule has 4 nitrogen and oxygen atoms in total. The standard InChI is InChI=1S/C14H17FN2O2/c1-8-4-5-13(19-8)9(2)17-12-7-14(18-3)10(15)6-11(12)16/h4-7,9,17H,16H2,1-3H3. The van der Waals surface area contributed by atoms with Crippen molar-refractivity contribution in [2.75, 3.05) is 18.2 Å². The average Bonchev–Trinajstić information content (AvgIpc) is 2.79. The van der Waals surface area contributed by atoms with E-state index in [1.165, 1.54) is 19.2 Å². The smallest absolute Gasteiger partial charge is 0.167 e. The second kappa shape index (κ2) is 5.22. The van der Waals surface area contributed by atoms with Crippen LogP contribution < -0.4 is 15.8 Å². The molecule has 1 heterocycles. The lowest BCUT2D eigenvalue weighted by molar-refractivity contribution is 0.387. The van der Waals surface area contributed by atoms with E-state index in [0.29, 0.717) is 11.4 Å². The van der Waals surface area contributed by atoms with Gasteiger partial charge < -0.3 is 20.2 Å². The molecule has 1 aromatic heterocycles. The zero-order chi connectivity index (χ0) is 14.0. The fourth-order valence-corrected chi connectivity index (χ4v) is 1.84. The predicted molar refractivity (Wildman–Crippen MR) is 72.8 cm³/mol. The highest BCUT2D eigenvalue weighted by Crippen LogP contribution is 2.31. The first-order valence-electron chi connectivity index (χ1n) is 5.97. The Balaban J connectivity index is 2.23. The van der Waals surface area contributed by atoms with Gasteiger partial charge in [0.2, 0.25) is 0 Å². The first-order valence-corrected chi connectivity index (χ1v) is 5.97. The Kier molecular flexibility index (Phi) is 3.64. The molecule has 5 heteroatoms. The molecule has 19 heavy (non-hydrogen) atoms. The van der Waals surface area contributed by atoms with Crippen molar-refractivity contribution in [2.24, 2.45) is 0 Å². The van der Waals surface area contributed by atoms with Crippen molar-refractivity contribution in [1.82, 2.24) is 0 Å². The van der Waals surface area contributed by atoms with E-state index in [9.17, 15) is 4.39 Å². The van der Waals surface area contributed by atoms with Gasteiger partial charge in [-0.15, -0.1) is 0 Å².